The van der Waals surface area contributed by atoms with Crippen molar-refractivity contribution in [3.8, 4) is 0 Å². The molecule has 106 valence electrons. The van der Waals surface area contributed by atoms with Gasteiger partial charge in [-0.05, 0) is 31.0 Å². The molecule has 0 bridgehead atoms. The van der Waals surface area contributed by atoms with Gasteiger partial charge in [0.2, 0.25) is 0 Å². The highest BCUT2D eigenvalue weighted by atomic mass is 32.2. The van der Waals surface area contributed by atoms with Crippen LogP contribution in [-0.4, -0.2) is 40.6 Å². The van der Waals surface area contributed by atoms with Crippen molar-refractivity contribution in [2.24, 2.45) is 0 Å². The first-order chi connectivity index (χ1) is 9.46. The molecule has 0 radical (unpaired) electrons. The van der Waals surface area contributed by atoms with E-state index in [1.165, 1.54) is 6.07 Å². The Labute approximate surface area is 116 Å². The largest absolute Gasteiger partial charge is 0.478 e. The quantitative estimate of drug-likeness (QED) is 0.906. The smallest absolute Gasteiger partial charge is 0.335 e. The zero-order valence-electron chi connectivity index (χ0n) is 10.7. The first-order valence-corrected chi connectivity index (χ1v) is 8.19. The summed E-state index contributed by atoms with van der Waals surface area (Å²) in [4.78, 5) is 15.1. The van der Waals surface area contributed by atoms with Gasteiger partial charge in [-0.25, -0.2) is 18.2 Å². The second-order valence-electron chi connectivity index (χ2n) is 5.04. The Morgan fingerprint density at radius 3 is 2.65 bits per heavy atom. The second-order valence-corrected chi connectivity index (χ2v) is 7.35. The Kier molecular flexibility index (Phi) is 3.01. The van der Waals surface area contributed by atoms with E-state index in [0.717, 1.165) is 5.52 Å². The van der Waals surface area contributed by atoms with Crippen LogP contribution in [0.15, 0.2) is 24.5 Å². The summed E-state index contributed by atoms with van der Waals surface area (Å²) in [6.07, 6.45) is 2.82. The third kappa shape index (κ3) is 2.29. The molecular weight excluding hydrogens is 280 g/mol. The van der Waals surface area contributed by atoms with Gasteiger partial charge >= 0.3 is 5.97 Å². The summed E-state index contributed by atoms with van der Waals surface area (Å²) < 4.78 is 24.9. The van der Waals surface area contributed by atoms with Gasteiger partial charge in [-0.2, -0.15) is 0 Å². The van der Waals surface area contributed by atoms with Crippen LogP contribution in [0.25, 0.3) is 11.0 Å². The summed E-state index contributed by atoms with van der Waals surface area (Å²) in [5, 5.41) is 8.96. The van der Waals surface area contributed by atoms with Crippen molar-refractivity contribution in [2.75, 3.05) is 11.5 Å². The minimum Gasteiger partial charge on any atom is -0.478 e. The van der Waals surface area contributed by atoms with Gasteiger partial charge in [0, 0.05) is 6.04 Å². The molecular formula is C13H14N2O4S. The minimum atomic E-state index is -2.89. The lowest BCUT2D eigenvalue weighted by molar-refractivity contribution is 0.0697. The predicted molar refractivity (Wildman–Crippen MR) is 73.6 cm³/mol. The van der Waals surface area contributed by atoms with E-state index in [2.05, 4.69) is 4.98 Å². The summed E-state index contributed by atoms with van der Waals surface area (Å²) in [7, 11) is -2.89. The highest BCUT2D eigenvalue weighted by Crippen LogP contribution is 2.27. The van der Waals surface area contributed by atoms with Crippen LogP contribution in [0.5, 0.6) is 0 Å². The number of carboxylic acids is 1. The van der Waals surface area contributed by atoms with Crippen molar-refractivity contribution in [3.63, 3.8) is 0 Å². The molecule has 0 amide bonds. The van der Waals surface area contributed by atoms with E-state index in [1.807, 2.05) is 4.57 Å². The van der Waals surface area contributed by atoms with Crippen molar-refractivity contribution in [1.82, 2.24) is 9.55 Å². The van der Waals surface area contributed by atoms with Gasteiger partial charge in [-0.1, -0.05) is 0 Å². The van der Waals surface area contributed by atoms with E-state index < -0.39 is 15.8 Å². The topological polar surface area (TPSA) is 89.3 Å². The van der Waals surface area contributed by atoms with Crippen LogP contribution in [0.3, 0.4) is 0 Å². The normalized spacial score (nSPS) is 19.2. The number of aromatic nitrogens is 2. The van der Waals surface area contributed by atoms with Crippen LogP contribution in [-0.2, 0) is 9.84 Å². The van der Waals surface area contributed by atoms with E-state index in [9.17, 15) is 13.2 Å². The molecule has 1 aliphatic heterocycles. The van der Waals surface area contributed by atoms with Crippen LogP contribution in [0.4, 0.5) is 0 Å². The lowest BCUT2D eigenvalue weighted by atomic mass is 10.1. The molecule has 7 heteroatoms. The number of carboxylic acid groups (broad SMARTS) is 1. The van der Waals surface area contributed by atoms with Gasteiger partial charge in [0.25, 0.3) is 0 Å². The zero-order chi connectivity index (χ0) is 14.3. The highest BCUT2D eigenvalue weighted by molar-refractivity contribution is 7.91. The number of aromatic carboxylic acids is 1. The molecule has 0 saturated carbocycles. The maximum atomic E-state index is 11.5. The van der Waals surface area contributed by atoms with Crippen molar-refractivity contribution in [2.45, 2.75) is 18.9 Å². The average molecular weight is 294 g/mol. The van der Waals surface area contributed by atoms with Crippen LogP contribution < -0.4 is 0 Å². The minimum absolute atomic E-state index is 0.110. The number of benzene rings is 1. The molecule has 2 aromatic rings. The highest BCUT2D eigenvalue weighted by Gasteiger charge is 2.25. The summed E-state index contributed by atoms with van der Waals surface area (Å²) in [5.41, 5.74) is 1.67. The van der Waals surface area contributed by atoms with Crippen molar-refractivity contribution < 1.29 is 18.3 Å². The summed E-state index contributed by atoms with van der Waals surface area (Å²) in [6, 6.07) is 4.92. The van der Waals surface area contributed by atoms with Gasteiger partial charge < -0.3 is 9.67 Å². The Morgan fingerprint density at radius 1 is 1.30 bits per heavy atom. The van der Waals surface area contributed by atoms with Gasteiger partial charge in [-0.15, -0.1) is 0 Å². The average Bonchev–Trinajstić information content (AvgIpc) is 2.81. The Morgan fingerprint density at radius 2 is 2.00 bits per heavy atom. The van der Waals surface area contributed by atoms with Gasteiger partial charge in [0.1, 0.15) is 9.84 Å². The molecule has 1 N–H and O–H groups in total. The first-order valence-electron chi connectivity index (χ1n) is 6.36. The summed E-state index contributed by atoms with van der Waals surface area (Å²) in [5.74, 6) is -0.583. The van der Waals surface area contributed by atoms with Crippen LogP contribution in [0, 0.1) is 0 Å². The number of fused-ring (bicyclic) bond motifs is 1. The van der Waals surface area contributed by atoms with E-state index >= 15 is 0 Å². The number of nitrogens with zero attached hydrogens (tertiary/aromatic N) is 2. The monoisotopic (exact) mass is 294 g/mol. The van der Waals surface area contributed by atoms with Crippen molar-refractivity contribution >= 4 is 26.8 Å². The summed E-state index contributed by atoms with van der Waals surface area (Å²) >= 11 is 0. The predicted octanol–water partition coefficient (Wildman–Crippen LogP) is 1.48. The van der Waals surface area contributed by atoms with Crippen LogP contribution in [0.1, 0.15) is 29.2 Å². The maximum Gasteiger partial charge on any atom is 0.335 e. The molecule has 0 unspecified atom stereocenters. The lowest BCUT2D eigenvalue weighted by Crippen LogP contribution is -2.25. The SMILES string of the molecule is O=C(O)c1ccc2c(c1)ncn2C1CCS(=O)(=O)CC1. The number of hydrogen-bond acceptors (Lipinski definition) is 4. The molecule has 2 heterocycles. The number of imidazole rings is 1. The van der Waals surface area contributed by atoms with Crippen molar-refractivity contribution in [1.29, 1.82) is 0 Å². The van der Waals surface area contributed by atoms with Gasteiger partial charge in [0.05, 0.1) is 34.4 Å². The van der Waals surface area contributed by atoms with E-state index in [-0.39, 0.29) is 23.1 Å². The molecule has 1 aromatic heterocycles. The third-order valence-electron chi connectivity index (χ3n) is 3.74. The van der Waals surface area contributed by atoms with E-state index in [1.54, 1.807) is 18.5 Å². The molecule has 1 saturated heterocycles. The Bertz CT molecular complexity index is 765. The maximum absolute atomic E-state index is 11.5. The molecule has 6 nitrogen and oxygen atoms in total. The molecule has 1 fully saturated rings. The van der Waals surface area contributed by atoms with E-state index in [0.29, 0.717) is 18.4 Å². The summed E-state index contributed by atoms with van der Waals surface area (Å²) in [6.45, 7) is 0. The molecule has 20 heavy (non-hydrogen) atoms. The number of hydrogen-bond donors (Lipinski definition) is 1. The molecule has 0 spiro atoms. The van der Waals surface area contributed by atoms with Crippen molar-refractivity contribution in [3.05, 3.63) is 30.1 Å². The Balaban J connectivity index is 1.95. The molecule has 0 atom stereocenters. The zero-order valence-corrected chi connectivity index (χ0v) is 11.5. The molecule has 1 aromatic carbocycles. The van der Waals surface area contributed by atoms with E-state index in [4.69, 9.17) is 5.11 Å². The Hall–Kier alpha value is -1.89. The van der Waals surface area contributed by atoms with Gasteiger partial charge in [0.15, 0.2) is 0 Å². The number of rotatable bonds is 2. The van der Waals surface area contributed by atoms with Crippen LogP contribution >= 0.6 is 0 Å². The number of carbonyl (C=O) groups is 1. The fourth-order valence-corrected chi connectivity index (χ4v) is 4.08. The third-order valence-corrected chi connectivity index (χ3v) is 5.45. The number of sulfone groups is 1. The lowest BCUT2D eigenvalue weighted by Gasteiger charge is -2.23. The second kappa shape index (κ2) is 4.59. The fraction of sp³-hybridized carbons (Fsp3) is 0.385. The van der Waals surface area contributed by atoms with Crippen LogP contribution in [0.2, 0.25) is 0 Å². The molecule has 3 rings (SSSR count). The molecule has 1 aliphatic rings. The standard InChI is InChI=1S/C13H14N2O4S/c16-13(17)9-1-2-12-11(7-9)14-8-15(12)10-3-5-20(18,19)6-4-10/h1-2,7-8,10H,3-6H2,(H,16,17). The first kappa shape index (κ1) is 13.1. The molecule has 0 aliphatic carbocycles. The fourth-order valence-electron chi connectivity index (χ4n) is 2.61. The van der Waals surface area contributed by atoms with Gasteiger partial charge in [-0.3, -0.25) is 0 Å².